The Hall–Kier alpha value is -0.720. The van der Waals surface area contributed by atoms with E-state index in [0.717, 1.165) is 5.92 Å². The van der Waals surface area contributed by atoms with Gasteiger partial charge < -0.3 is 0 Å². The number of hydrogen-bond acceptors (Lipinski definition) is 0. The second-order valence-corrected chi connectivity index (χ2v) is 2.69. The first-order chi connectivity index (χ1) is 4.47. The molecule has 2 rings (SSSR count). The number of rotatable bonds is 0. The summed E-state index contributed by atoms with van der Waals surface area (Å²) in [5, 5.41) is 4.08. The molecule has 1 fully saturated rings. The average Bonchev–Trinajstić information content (AvgIpc) is 2.33. The van der Waals surface area contributed by atoms with Crippen LogP contribution in [0.15, 0.2) is 24.0 Å². The molecule has 0 aromatic carbocycles. The summed E-state index contributed by atoms with van der Waals surface area (Å²) >= 11 is 0. The molecule has 0 saturated heterocycles. The van der Waals surface area contributed by atoms with E-state index in [4.69, 9.17) is 0 Å². The molecule has 1 unspecified atom stereocenters. The molecule has 1 saturated carbocycles. The first kappa shape index (κ1) is 5.10. The monoisotopic (exact) mass is 120 g/mol. The minimum atomic E-state index is 0.752. The van der Waals surface area contributed by atoms with Crippen molar-refractivity contribution in [3.8, 4) is 0 Å². The Labute approximate surface area is 55.5 Å². The Morgan fingerprint density at radius 2 is 2.56 bits per heavy atom. The number of hydrogen-bond donors (Lipinski definition) is 0. The Bertz CT molecular complexity index is 167. The Kier molecular flexibility index (Phi) is 1.08. The van der Waals surface area contributed by atoms with Gasteiger partial charge in [-0.05, 0) is 24.8 Å². The maximum atomic E-state index is 4.08. The Morgan fingerprint density at radius 3 is 3.44 bits per heavy atom. The molecule has 0 aromatic heterocycles. The second kappa shape index (κ2) is 1.90. The van der Waals surface area contributed by atoms with Crippen molar-refractivity contribution >= 4 is 0 Å². The van der Waals surface area contributed by atoms with Gasteiger partial charge in [-0.3, -0.25) is 5.32 Å². The molecule has 1 atom stereocenters. The van der Waals surface area contributed by atoms with E-state index in [0.29, 0.717) is 0 Å². The first-order valence-electron chi connectivity index (χ1n) is 3.52. The summed E-state index contributed by atoms with van der Waals surface area (Å²) in [6.45, 7) is 0. The number of allylic oxidation sites excluding steroid dienone is 2. The van der Waals surface area contributed by atoms with Crippen LogP contribution in [0.4, 0.5) is 0 Å². The van der Waals surface area contributed by atoms with Crippen LogP contribution < -0.4 is 5.32 Å². The zero-order valence-electron chi connectivity index (χ0n) is 5.38. The summed E-state index contributed by atoms with van der Waals surface area (Å²) in [5.41, 5.74) is 1.54. The van der Waals surface area contributed by atoms with Crippen LogP contribution in [0.3, 0.4) is 0 Å². The number of nitrogens with zero attached hydrogens (tertiary/aromatic N) is 1. The summed E-state index contributed by atoms with van der Waals surface area (Å²) in [5.74, 6) is 0.752. The Morgan fingerprint density at radius 1 is 1.56 bits per heavy atom. The third-order valence-electron chi connectivity index (χ3n) is 2.10. The van der Waals surface area contributed by atoms with Crippen molar-refractivity contribution in [2.75, 3.05) is 0 Å². The van der Waals surface area contributed by atoms with Crippen LogP contribution in [-0.2, 0) is 0 Å². The fourth-order valence-electron chi connectivity index (χ4n) is 1.57. The van der Waals surface area contributed by atoms with Crippen molar-refractivity contribution in [1.82, 2.24) is 5.32 Å². The van der Waals surface area contributed by atoms with Crippen molar-refractivity contribution in [2.24, 2.45) is 5.92 Å². The maximum absolute atomic E-state index is 4.08. The van der Waals surface area contributed by atoms with E-state index >= 15 is 0 Å². The maximum Gasteiger partial charge on any atom is 0.0265 e. The van der Waals surface area contributed by atoms with Crippen molar-refractivity contribution < 1.29 is 0 Å². The van der Waals surface area contributed by atoms with Crippen LogP contribution in [0.2, 0.25) is 0 Å². The van der Waals surface area contributed by atoms with E-state index in [-0.39, 0.29) is 0 Å². The van der Waals surface area contributed by atoms with E-state index < -0.39 is 0 Å². The zero-order chi connectivity index (χ0) is 6.10. The highest BCUT2D eigenvalue weighted by atomic mass is 14.8. The predicted molar refractivity (Wildman–Crippen MR) is 36.7 cm³/mol. The molecule has 47 valence electrons. The van der Waals surface area contributed by atoms with Crippen LogP contribution >= 0.6 is 0 Å². The smallest absolute Gasteiger partial charge is 0.0265 e. The minimum Gasteiger partial charge on any atom is -0.265 e. The quantitative estimate of drug-likeness (QED) is 0.463. The van der Waals surface area contributed by atoms with Crippen LogP contribution in [0, 0.1) is 5.92 Å². The molecule has 0 bridgehead atoms. The third kappa shape index (κ3) is 0.766. The van der Waals surface area contributed by atoms with Gasteiger partial charge in [-0.1, -0.05) is 6.08 Å². The normalized spacial score (nSPS) is 31.1. The summed E-state index contributed by atoms with van der Waals surface area (Å²) in [6.07, 6.45) is 10.1. The van der Waals surface area contributed by atoms with Gasteiger partial charge in [0.05, 0.1) is 0 Å². The lowest BCUT2D eigenvalue weighted by Gasteiger charge is -2.08. The van der Waals surface area contributed by atoms with E-state index in [1.54, 1.807) is 0 Å². The molecule has 1 heteroatoms. The van der Waals surface area contributed by atoms with E-state index in [1.807, 2.05) is 12.4 Å². The van der Waals surface area contributed by atoms with Crippen molar-refractivity contribution in [2.45, 2.75) is 19.3 Å². The highest BCUT2D eigenvalue weighted by Gasteiger charge is 2.19. The van der Waals surface area contributed by atoms with Crippen LogP contribution in [0.5, 0.6) is 0 Å². The van der Waals surface area contributed by atoms with Gasteiger partial charge in [-0.25, -0.2) is 0 Å². The highest BCUT2D eigenvalue weighted by molar-refractivity contribution is 5.20. The summed E-state index contributed by atoms with van der Waals surface area (Å²) in [6, 6.07) is 0. The fraction of sp³-hybridized carbons (Fsp3) is 0.500. The predicted octanol–water partition coefficient (Wildman–Crippen LogP) is 1.80. The lowest BCUT2D eigenvalue weighted by molar-refractivity contribution is 0.747. The SMILES string of the molecule is C1=CC2CCCC2=C[N]1. The summed E-state index contributed by atoms with van der Waals surface area (Å²) in [7, 11) is 0. The zero-order valence-corrected chi connectivity index (χ0v) is 5.38. The second-order valence-electron chi connectivity index (χ2n) is 2.69. The molecule has 1 aliphatic heterocycles. The lowest BCUT2D eigenvalue weighted by atomic mass is 10.0. The van der Waals surface area contributed by atoms with Gasteiger partial charge >= 0.3 is 0 Å². The molecule has 9 heavy (non-hydrogen) atoms. The fourth-order valence-corrected chi connectivity index (χ4v) is 1.57. The largest absolute Gasteiger partial charge is 0.265 e. The average molecular weight is 120 g/mol. The molecular weight excluding hydrogens is 110 g/mol. The topological polar surface area (TPSA) is 14.1 Å². The van der Waals surface area contributed by atoms with Gasteiger partial charge in [0.1, 0.15) is 0 Å². The van der Waals surface area contributed by atoms with E-state index in [2.05, 4.69) is 11.4 Å². The molecule has 1 radical (unpaired) electrons. The molecule has 1 aliphatic carbocycles. The first-order valence-corrected chi connectivity index (χ1v) is 3.52. The summed E-state index contributed by atoms with van der Waals surface area (Å²) < 4.78 is 0. The van der Waals surface area contributed by atoms with Crippen molar-refractivity contribution in [3.63, 3.8) is 0 Å². The van der Waals surface area contributed by atoms with Crippen LogP contribution in [0.1, 0.15) is 19.3 Å². The molecule has 1 nitrogen and oxygen atoms in total. The molecule has 2 aliphatic rings. The van der Waals surface area contributed by atoms with E-state index in [9.17, 15) is 0 Å². The van der Waals surface area contributed by atoms with Crippen LogP contribution in [-0.4, -0.2) is 0 Å². The van der Waals surface area contributed by atoms with Gasteiger partial charge in [0.15, 0.2) is 0 Å². The third-order valence-corrected chi connectivity index (χ3v) is 2.10. The Balaban J connectivity index is 2.22. The van der Waals surface area contributed by atoms with Gasteiger partial charge in [0.25, 0.3) is 0 Å². The standard InChI is InChI=1S/C8H10N/c1-2-7-4-5-9-6-8(7)3-1/h4-7H,1-3H2. The van der Waals surface area contributed by atoms with Crippen LogP contribution in [0.25, 0.3) is 0 Å². The molecule has 0 spiro atoms. The van der Waals surface area contributed by atoms with Crippen molar-refractivity contribution in [1.29, 1.82) is 0 Å². The molecule has 0 amide bonds. The van der Waals surface area contributed by atoms with E-state index in [1.165, 1.54) is 24.8 Å². The van der Waals surface area contributed by atoms with Gasteiger partial charge in [0.2, 0.25) is 0 Å². The van der Waals surface area contributed by atoms with Gasteiger partial charge in [0, 0.05) is 18.3 Å². The lowest BCUT2D eigenvalue weighted by Crippen LogP contribution is -2.00. The van der Waals surface area contributed by atoms with Gasteiger partial charge in [-0.2, -0.15) is 0 Å². The molecular formula is C8H10N. The highest BCUT2D eigenvalue weighted by Crippen LogP contribution is 2.32. The minimum absolute atomic E-state index is 0.752. The molecule has 0 aromatic rings. The van der Waals surface area contributed by atoms with Crippen molar-refractivity contribution in [3.05, 3.63) is 24.0 Å². The summed E-state index contributed by atoms with van der Waals surface area (Å²) in [4.78, 5) is 0. The molecule has 0 N–H and O–H groups in total. The molecule has 1 heterocycles. The number of fused-ring (bicyclic) bond motifs is 1. The van der Waals surface area contributed by atoms with Gasteiger partial charge in [-0.15, -0.1) is 0 Å².